The average molecular weight is 296 g/mol. The second-order valence-electron chi connectivity index (χ2n) is 5.14. The Bertz CT molecular complexity index is 666. The van der Waals surface area contributed by atoms with Crippen LogP contribution in [0, 0.1) is 0 Å². The van der Waals surface area contributed by atoms with Gasteiger partial charge in [-0.15, -0.1) is 0 Å². The van der Waals surface area contributed by atoms with Gasteiger partial charge in [0.15, 0.2) is 0 Å². The van der Waals surface area contributed by atoms with Crippen LogP contribution < -0.4 is 16.0 Å². The second-order valence-corrected chi connectivity index (χ2v) is 5.14. The number of carbonyl (C=O) groups excluding carboxylic acids is 2. The van der Waals surface area contributed by atoms with Crippen LogP contribution in [0.15, 0.2) is 48.8 Å². The van der Waals surface area contributed by atoms with Gasteiger partial charge in [0, 0.05) is 35.4 Å². The molecular formula is C16H16N4O2. The molecule has 1 saturated carbocycles. The lowest BCUT2D eigenvalue weighted by Crippen LogP contribution is -2.30. The summed E-state index contributed by atoms with van der Waals surface area (Å²) < 4.78 is 0. The van der Waals surface area contributed by atoms with Crippen molar-refractivity contribution in [3.63, 3.8) is 0 Å². The fourth-order valence-corrected chi connectivity index (χ4v) is 1.92. The highest BCUT2D eigenvalue weighted by atomic mass is 16.2. The van der Waals surface area contributed by atoms with Crippen LogP contribution in [0.1, 0.15) is 23.2 Å². The minimum atomic E-state index is -0.199. The number of hydrogen-bond acceptors (Lipinski definition) is 3. The molecule has 2 aromatic rings. The Morgan fingerprint density at radius 3 is 2.09 bits per heavy atom. The van der Waals surface area contributed by atoms with E-state index in [1.807, 2.05) is 0 Å². The number of carbonyl (C=O) groups is 2. The zero-order valence-corrected chi connectivity index (χ0v) is 11.9. The molecule has 1 aliphatic carbocycles. The van der Waals surface area contributed by atoms with Gasteiger partial charge in [0.2, 0.25) is 0 Å². The molecule has 0 spiro atoms. The summed E-state index contributed by atoms with van der Waals surface area (Å²) in [6, 6.07) is 10.4. The summed E-state index contributed by atoms with van der Waals surface area (Å²) in [7, 11) is 0. The first-order valence-electron chi connectivity index (χ1n) is 7.10. The maximum absolute atomic E-state index is 12.0. The molecule has 1 aromatic carbocycles. The highest BCUT2D eigenvalue weighted by Crippen LogP contribution is 2.19. The Morgan fingerprint density at radius 2 is 1.50 bits per heavy atom. The number of aromatic nitrogens is 1. The maximum Gasteiger partial charge on any atom is 0.319 e. The highest BCUT2D eigenvalue weighted by Gasteiger charge is 2.23. The van der Waals surface area contributed by atoms with E-state index in [1.54, 1.807) is 48.8 Å². The lowest BCUT2D eigenvalue weighted by molar-refractivity contribution is 0.102. The van der Waals surface area contributed by atoms with E-state index in [0.29, 0.717) is 23.0 Å². The molecule has 0 bridgehead atoms. The predicted molar refractivity (Wildman–Crippen MR) is 83.8 cm³/mol. The van der Waals surface area contributed by atoms with Crippen LogP contribution in [0.3, 0.4) is 0 Å². The summed E-state index contributed by atoms with van der Waals surface area (Å²) in [5.74, 6) is -0.199. The van der Waals surface area contributed by atoms with Gasteiger partial charge in [-0.25, -0.2) is 4.79 Å². The Kier molecular flexibility index (Phi) is 4.00. The smallest absolute Gasteiger partial charge is 0.319 e. The first-order valence-corrected chi connectivity index (χ1v) is 7.10. The van der Waals surface area contributed by atoms with Gasteiger partial charge in [0.25, 0.3) is 5.91 Å². The van der Waals surface area contributed by atoms with Crippen molar-refractivity contribution in [1.82, 2.24) is 10.3 Å². The molecule has 0 atom stereocenters. The number of amides is 3. The number of nitrogens with zero attached hydrogens (tertiary/aromatic N) is 1. The number of nitrogens with one attached hydrogen (secondary N) is 3. The van der Waals surface area contributed by atoms with Crippen molar-refractivity contribution in [2.45, 2.75) is 18.9 Å². The van der Waals surface area contributed by atoms with Gasteiger partial charge in [0.1, 0.15) is 0 Å². The quantitative estimate of drug-likeness (QED) is 0.811. The van der Waals surface area contributed by atoms with E-state index >= 15 is 0 Å². The molecular weight excluding hydrogens is 280 g/mol. The number of rotatable bonds is 4. The van der Waals surface area contributed by atoms with Crippen molar-refractivity contribution in [2.24, 2.45) is 0 Å². The van der Waals surface area contributed by atoms with E-state index in [0.717, 1.165) is 12.8 Å². The zero-order chi connectivity index (χ0) is 15.4. The lowest BCUT2D eigenvalue weighted by Gasteiger charge is -2.08. The van der Waals surface area contributed by atoms with Crippen LogP contribution in [0.4, 0.5) is 16.2 Å². The van der Waals surface area contributed by atoms with E-state index in [1.165, 1.54) is 0 Å². The van der Waals surface area contributed by atoms with Gasteiger partial charge in [-0.1, -0.05) is 0 Å². The average Bonchev–Trinajstić information content (AvgIpc) is 3.34. The normalized spacial score (nSPS) is 13.3. The van der Waals surface area contributed by atoms with Gasteiger partial charge in [-0.3, -0.25) is 9.78 Å². The van der Waals surface area contributed by atoms with E-state index in [-0.39, 0.29) is 11.9 Å². The summed E-state index contributed by atoms with van der Waals surface area (Å²) in [6.45, 7) is 0. The Labute approximate surface area is 127 Å². The molecule has 6 heteroatoms. The summed E-state index contributed by atoms with van der Waals surface area (Å²) in [6.07, 6.45) is 5.24. The number of benzene rings is 1. The molecule has 1 aliphatic rings. The van der Waals surface area contributed by atoms with Crippen molar-refractivity contribution in [1.29, 1.82) is 0 Å². The van der Waals surface area contributed by atoms with Crippen LogP contribution in [0.25, 0.3) is 0 Å². The summed E-state index contributed by atoms with van der Waals surface area (Å²) in [4.78, 5) is 27.5. The van der Waals surface area contributed by atoms with E-state index in [4.69, 9.17) is 0 Å². The van der Waals surface area contributed by atoms with Gasteiger partial charge in [-0.05, 0) is 49.2 Å². The van der Waals surface area contributed by atoms with Crippen LogP contribution >= 0.6 is 0 Å². The highest BCUT2D eigenvalue weighted by molar-refractivity contribution is 6.04. The number of anilines is 2. The summed E-state index contributed by atoms with van der Waals surface area (Å²) in [5, 5.41) is 8.39. The molecule has 0 saturated heterocycles. The van der Waals surface area contributed by atoms with Crippen LogP contribution in [0.2, 0.25) is 0 Å². The van der Waals surface area contributed by atoms with Gasteiger partial charge >= 0.3 is 6.03 Å². The van der Waals surface area contributed by atoms with Crippen LogP contribution in [-0.4, -0.2) is 23.0 Å². The summed E-state index contributed by atoms with van der Waals surface area (Å²) >= 11 is 0. The first-order chi connectivity index (χ1) is 10.7. The lowest BCUT2D eigenvalue weighted by atomic mass is 10.2. The SMILES string of the molecule is O=C(Nc1ccc(NC(=O)c2ccncc2)cc1)NC1CC1. The summed E-state index contributed by atoms with van der Waals surface area (Å²) in [5.41, 5.74) is 1.89. The second kappa shape index (κ2) is 6.26. The fraction of sp³-hybridized carbons (Fsp3) is 0.188. The van der Waals surface area contributed by atoms with Crippen molar-refractivity contribution >= 4 is 23.3 Å². The van der Waals surface area contributed by atoms with Gasteiger partial charge in [0.05, 0.1) is 0 Å². The molecule has 0 aliphatic heterocycles. The van der Waals surface area contributed by atoms with Crippen molar-refractivity contribution in [3.05, 3.63) is 54.4 Å². The molecule has 0 radical (unpaired) electrons. The Hall–Kier alpha value is -2.89. The third kappa shape index (κ3) is 3.82. The molecule has 1 fully saturated rings. The predicted octanol–water partition coefficient (Wildman–Crippen LogP) is 2.62. The largest absolute Gasteiger partial charge is 0.335 e. The van der Waals surface area contributed by atoms with Crippen molar-refractivity contribution in [2.75, 3.05) is 10.6 Å². The van der Waals surface area contributed by atoms with Crippen LogP contribution in [0.5, 0.6) is 0 Å². The fourth-order valence-electron chi connectivity index (χ4n) is 1.92. The number of urea groups is 1. The maximum atomic E-state index is 12.0. The minimum Gasteiger partial charge on any atom is -0.335 e. The molecule has 0 unspecified atom stereocenters. The molecule has 1 aromatic heterocycles. The number of hydrogen-bond donors (Lipinski definition) is 3. The molecule has 6 nitrogen and oxygen atoms in total. The van der Waals surface area contributed by atoms with E-state index < -0.39 is 0 Å². The molecule has 3 rings (SSSR count). The van der Waals surface area contributed by atoms with E-state index in [2.05, 4.69) is 20.9 Å². The molecule has 3 amide bonds. The first kappa shape index (κ1) is 14.1. The molecule has 22 heavy (non-hydrogen) atoms. The zero-order valence-electron chi connectivity index (χ0n) is 11.9. The topological polar surface area (TPSA) is 83.1 Å². The van der Waals surface area contributed by atoms with Gasteiger partial charge in [-0.2, -0.15) is 0 Å². The standard InChI is InChI=1S/C16H16N4O2/c21-15(11-7-9-17-10-8-11)18-12-1-3-13(4-2-12)19-16(22)20-14-5-6-14/h1-4,7-10,14H,5-6H2,(H,18,21)(H2,19,20,22). The Morgan fingerprint density at radius 1 is 0.909 bits per heavy atom. The van der Waals surface area contributed by atoms with E-state index in [9.17, 15) is 9.59 Å². The monoisotopic (exact) mass is 296 g/mol. The molecule has 112 valence electrons. The number of pyridine rings is 1. The minimum absolute atomic E-state index is 0.198. The molecule has 1 heterocycles. The van der Waals surface area contributed by atoms with Gasteiger partial charge < -0.3 is 16.0 Å². The van der Waals surface area contributed by atoms with Crippen molar-refractivity contribution in [3.8, 4) is 0 Å². The third-order valence-corrected chi connectivity index (χ3v) is 3.26. The van der Waals surface area contributed by atoms with Crippen LogP contribution in [-0.2, 0) is 0 Å². The van der Waals surface area contributed by atoms with Crippen molar-refractivity contribution < 1.29 is 9.59 Å². The molecule has 3 N–H and O–H groups in total. The Balaban J connectivity index is 1.56. The third-order valence-electron chi connectivity index (χ3n) is 3.26.